The van der Waals surface area contributed by atoms with Crippen molar-refractivity contribution in [1.29, 1.82) is 0 Å². The molecule has 0 aromatic heterocycles. The zero-order valence-electron chi connectivity index (χ0n) is 12.4. The van der Waals surface area contributed by atoms with E-state index in [1.54, 1.807) is 13.2 Å². The van der Waals surface area contributed by atoms with Crippen molar-refractivity contribution in [2.24, 2.45) is 5.92 Å². The molecule has 0 atom stereocenters. The standard InChI is InChI=1S/C17H21NO3/c1-21-13-7-8-15-14(11-13)16(19)9-10-18(15)17(20)12-5-3-2-4-6-12/h7-8,11-12H,2-6,9-10H2,1H3. The van der Waals surface area contributed by atoms with Crippen LogP contribution in [-0.4, -0.2) is 25.3 Å². The molecule has 1 aliphatic heterocycles. The van der Waals surface area contributed by atoms with Gasteiger partial charge in [0, 0.05) is 24.4 Å². The lowest BCUT2D eigenvalue weighted by molar-refractivity contribution is -0.123. The van der Waals surface area contributed by atoms with E-state index in [1.165, 1.54) is 6.42 Å². The van der Waals surface area contributed by atoms with Gasteiger partial charge in [-0.2, -0.15) is 0 Å². The van der Waals surface area contributed by atoms with Crippen LogP contribution in [0.25, 0.3) is 0 Å². The predicted molar refractivity (Wildman–Crippen MR) is 80.9 cm³/mol. The van der Waals surface area contributed by atoms with Crippen LogP contribution in [-0.2, 0) is 4.79 Å². The molecule has 1 aromatic carbocycles. The summed E-state index contributed by atoms with van der Waals surface area (Å²) < 4.78 is 5.18. The Morgan fingerprint density at radius 1 is 1.24 bits per heavy atom. The lowest BCUT2D eigenvalue weighted by atomic mass is 9.87. The van der Waals surface area contributed by atoms with Crippen LogP contribution < -0.4 is 9.64 Å². The van der Waals surface area contributed by atoms with Crippen LogP contribution in [0.1, 0.15) is 48.9 Å². The van der Waals surface area contributed by atoms with Gasteiger partial charge in [-0.05, 0) is 31.0 Å². The van der Waals surface area contributed by atoms with E-state index in [1.807, 2.05) is 17.0 Å². The van der Waals surface area contributed by atoms with Gasteiger partial charge in [0.05, 0.1) is 12.8 Å². The van der Waals surface area contributed by atoms with Crippen molar-refractivity contribution in [2.45, 2.75) is 38.5 Å². The molecule has 1 amide bonds. The number of Topliss-reactive ketones (excluding diaryl/α,β-unsaturated/α-hetero) is 1. The molecular weight excluding hydrogens is 266 g/mol. The first-order valence-corrected chi connectivity index (χ1v) is 7.73. The summed E-state index contributed by atoms with van der Waals surface area (Å²) in [5.74, 6) is 1.07. The number of carbonyl (C=O) groups excluding carboxylic acids is 2. The number of anilines is 1. The molecule has 1 heterocycles. The molecule has 1 fully saturated rings. The van der Waals surface area contributed by atoms with Gasteiger partial charge in [0.25, 0.3) is 0 Å². The minimum absolute atomic E-state index is 0.0941. The molecule has 0 spiro atoms. The summed E-state index contributed by atoms with van der Waals surface area (Å²) in [6.07, 6.45) is 5.87. The smallest absolute Gasteiger partial charge is 0.230 e. The third-order valence-corrected chi connectivity index (χ3v) is 4.58. The zero-order valence-corrected chi connectivity index (χ0v) is 12.4. The molecule has 1 aromatic rings. The Balaban J connectivity index is 1.89. The quantitative estimate of drug-likeness (QED) is 0.839. The van der Waals surface area contributed by atoms with Crippen LogP contribution in [0.4, 0.5) is 5.69 Å². The second kappa shape index (κ2) is 5.88. The SMILES string of the molecule is COc1ccc2c(c1)C(=O)CCN2C(=O)C1CCCCC1. The second-order valence-electron chi connectivity index (χ2n) is 5.88. The number of methoxy groups -OCH3 is 1. The largest absolute Gasteiger partial charge is 0.497 e. The Hall–Kier alpha value is -1.84. The first-order valence-electron chi connectivity index (χ1n) is 7.73. The Labute approximate surface area is 125 Å². The monoisotopic (exact) mass is 287 g/mol. The lowest BCUT2D eigenvalue weighted by Crippen LogP contribution is -2.41. The summed E-state index contributed by atoms with van der Waals surface area (Å²) in [6, 6.07) is 5.41. The van der Waals surface area contributed by atoms with Crippen LogP contribution in [0.15, 0.2) is 18.2 Å². The molecule has 0 saturated heterocycles. The molecule has 4 heteroatoms. The fraction of sp³-hybridized carbons (Fsp3) is 0.529. The molecule has 112 valence electrons. The molecule has 0 radical (unpaired) electrons. The highest BCUT2D eigenvalue weighted by atomic mass is 16.5. The lowest BCUT2D eigenvalue weighted by Gasteiger charge is -2.33. The maximum absolute atomic E-state index is 12.8. The first kappa shape index (κ1) is 14.1. The molecule has 2 aliphatic rings. The van der Waals surface area contributed by atoms with E-state index in [4.69, 9.17) is 4.74 Å². The van der Waals surface area contributed by atoms with Gasteiger partial charge in [-0.25, -0.2) is 0 Å². The number of amides is 1. The Morgan fingerprint density at radius 3 is 2.71 bits per heavy atom. The van der Waals surface area contributed by atoms with E-state index in [2.05, 4.69) is 0 Å². The van der Waals surface area contributed by atoms with Crippen molar-refractivity contribution in [3.8, 4) is 5.75 Å². The van der Waals surface area contributed by atoms with Gasteiger partial charge >= 0.3 is 0 Å². The van der Waals surface area contributed by atoms with Gasteiger partial charge in [-0.3, -0.25) is 9.59 Å². The van der Waals surface area contributed by atoms with Gasteiger partial charge in [-0.15, -0.1) is 0 Å². The normalized spacial score (nSPS) is 19.3. The van der Waals surface area contributed by atoms with Crippen LogP contribution in [0, 0.1) is 5.92 Å². The molecule has 1 aliphatic carbocycles. The third-order valence-electron chi connectivity index (χ3n) is 4.58. The highest BCUT2D eigenvalue weighted by molar-refractivity contribution is 6.09. The van der Waals surface area contributed by atoms with E-state index >= 15 is 0 Å². The van der Waals surface area contributed by atoms with Crippen molar-refractivity contribution in [1.82, 2.24) is 0 Å². The van der Waals surface area contributed by atoms with Crippen molar-refractivity contribution >= 4 is 17.4 Å². The highest BCUT2D eigenvalue weighted by Gasteiger charge is 2.32. The van der Waals surface area contributed by atoms with Gasteiger partial charge in [0.15, 0.2) is 5.78 Å². The topological polar surface area (TPSA) is 46.6 Å². The van der Waals surface area contributed by atoms with E-state index in [0.717, 1.165) is 31.4 Å². The molecule has 0 unspecified atom stereocenters. The highest BCUT2D eigenvalue weighted by Crippen LogP contribution is 2.34. The number of nitrogens with zero attached hydrogens (tertiary/aromatic N) is 1. The summed E-state index contributed by atoms with van der Waals surface area (Å²) in [7, 11) is 1.58. The Bertz CT molecular complexity index is 561. The van der Waals surface area contributed by atoms with Crippen LogP contribution >= 0.6 is 0 Å². The average Bonchev–Trinajstić information content (AvgIpc) is 2.55. The maximum atomic E-state index is 12.8. The number of hydrogen-bond acceptors (Lipinski definition) is 3. The number of hydrogen-bond donors (Lipinski definition) is 0. The van der Waals surface area contributed by atoms with E-state index in [0.29, 0.717) is 24.3 Å². The number of ketones is 1. The fourth-order valence-corrected chi connectivity index (χ4v) is 3.37. The minimum atomic E-state index is 0.0941. The van der Waals surface area contributed by atoms with Crippen molar-refractivity contribution in [3.63, 3.8) is 0 Å². The molecule has 4 nitrogen and oxygen atoms in total. The van der Waals surface area contributed by atoms with E-state index < -0.39 is 0 Å². The average molecular weight is 287 g/mol. The van der Waals surface area contributed by atoms with Gasteiger partial charge in [-0.1, -0.05) is 19.3 Å². The summed E-state index contributed by atoms with van der Waals surface area (Å²) >= 11 is 0. The number of carbonyl (C=O) groups is 2. The summed E-state index contributed by atoms with van der Waals surface area (Å²) in [5.41, 5.74) is 1.37. The van der Waals surface area contributed by atoms with Crippen LogP contribution in [0.2, 0.25) is 0 Å². The van der Waals surface area contributed by atoms with Gasteiger partial charge < -0.3 is 9.64 Å². The van der Waals surface area contributed by atoms with Crippen LogP contribution in [0.3, 0.4) is 0 Å². The fourth-order valence-electron chi connectivity index (χ4n) is 3.37. The van der Waals surface area contributed by atoms with Gasteiger partial charge in [0.2, 0.25) is 5.91 Å². The van der Waals surface area contributed by atoms with Crippen LogP contribution in [0.5, 0.6) is 5.75 Å². The Morgan fingerprint density at radius 2 is 2.00 bits per heavy atom. The second-order valence-corrected chi connectivity index (χ2v) is 5.88. The van der Waals surface area contributed by atoms with Crippen molar-refractivity contribution < 1.29 is 14.3 Å². The summed E-state index contributed by atoms with van der Waals surface area (Å²) in [6.45, 7) is 0.507. The number of fused-ring (bicyclic) bond motifs is 1. The number of rotatable bonds is 2. The number of benzene rings is 1. The minimum Gasteiger partial charge on any atom is -0.497 e. The van der Waals surface area contributed by atoms with Crippen molar-refractivity contribution in [3.05, 3.63) is 23.8 Å². The van der Waals surface area contributed by atoms with E-state index in [9.17, 15) is 9.59 Å². The first-order chi connectivity index (χ1) is 10.2. The molecule has 21 heavy (non-hydrogen) atoms. The maximum Gasteiger partial charge on any atom is 0.230 e. The molecule has 1 saturated carbocycles. The zero-order chi connectivity index (χ0) is 14.8. The molecule has 3 rings (SSSR count). The third kappa shape index (κ3) is 2.67. The summed E-state index contributed by atoms with van der Waals surface area (Å²) in [4.78, 5) is 26.7. The van der Waals surface area contributed by atoms with Crippen molar-refractivity contribution in [2.75, 3.05) is 18.6 Å². The number of ether oxygens (including phenoxy) is 1. The van der Waals surface area contributed by atoms with E-state index in [-0.39, 0.29) is 17.6 Å². The molecular formula is C17H21NO3. The predicted octanol–water partition coefficient (Wildman–Crippen LogP) is 3.19. The summed E-state index contributed by atoms with van der Waals surface area (Å²) in [5, 5.41) is 0. The Kier molecular flexibility index (Phi) is 3.95. The van der Waals surface area contributed by atoms with Gasteiger partial charge in [0.1, 0.15) is 5.75 Å². The molecule has 0 bridgehead atoms. The molecule has 0 N–H and O–H groups in total.